The number of hydrogen-bond donors (Lipinski definition) is 0. The highest BCUT2D eigenvalue weighted by atomic mass is 15.4. The zero-order valence-corrected chi connectivity index (χ0v) is 9.69. The van der Waals surface area contributed by atoms with Gasteiger partial charge in [-0.25, -0.2) is 4.98 Å². The molecule has 2 aliphatic rings. The molecule has 2 heterocycles. The monoisotopic (exact) mass is 237 g/mol. The third kappa shape index (κ3) is 1.66. The Kier molecular flexibility index (Phi) is 2.57. The molecule has 0 spiro atoms. The fourth-order valence-corrected chi connectivity index (χ4v) is 1.91. The van der Waals surface area contributed by atoms with Crippen LogP contribution in [-0.2, 0) is 6.42 Å². The maximum atomic E-state index is 4.25. The summed E-state index contributed by atoms with van der Waals surface area (Å²) in [5, 5.41) is 11.6. The summed E-state index contributed by atoms with van der Waals surface area (Å²) in [7, 11) is 0. The minimum absolute atomic E-state index is 0.569. The number of benzene rings is 1. The van der Waals surface area contributed by atoms with Gasteiger partial charge in [0.05, 0.1) is 5.69 Å². The van der Waals surface area contributed by atoms with Crippen molar-refractivity contribution < 1.29 is 0 Å². The largest absolute Gasteiger partial charge is 0.302 e. The molecular weight excluding hydrogens is 226 g/mol. The molecule has 0 saturated heterocycles. The lowest BCUT2D eigenvalue weighted by atomic mass is 10.2. The fraction of sp³-hybridized carbons (Fsp3) is 0.0769. The average molecular weight is 237 g/mol. The van der Waals surface area contributed by atoms with Gasteiger partial charge in [0.2, 0.25) is 5.82 Å². The number of nitrogens with zero attached hydrogens (tertiary/aromatic N) is 5. The van der Waals surface area contributed by atoms with E-state index >= 15 is 0 Å². The summed E-state index contributed by atoms with van der Waals surface area (Å²) in [5.74, 6) is 0.569. The summed E-state index contributed by atoms with van der Waals surface area (Å²) in [5.41, 5.74) is 2.75. The van der Waals surface area contributed by atoms with Gasteiger partial charge in [-0.3, -0.25) is 0 Å². The second-order valence-electron chi connectivity index (χ2n) is 3.85. The lowest BCUT2D eigenvalue weighted by Crippen LogP contribution is -2.08. The van der Waals surface area contributed by atoms with Crippen molar-refractivity contribution in [3.63, 3.8) is 0 Å². The molecular formula is C13H11N5. The first-order chi connectivity index (χ1) is 8.90. The van der Waals surface area contributed by atoms with Crippen molar-refractivity contribution in [2.75, 3.05) is 0 Å². The molecule has 18 heavy (non-hydrogen) atoms. The van der Waals surface area contributed by atoms with E-state index in [1.807, 2.05) is 41.0 Å². The Morgan fingerprint density at radius 2 is 2.00 bits per heavy atom. The third-order valence-corrected chi connectivity index (χ3v) is 2.73. The topological polar surface area (TPSA) is 56.5 Å². The minimum atomic E-state index is 0.569. The van der Waals surface area contributed by atoms with Crippen LogP contribution in [0.1, 0.15) is 5.69 Å². The molecule has 88 valence electrons. The number of allylic oxidation sites excluding steroid dienone is 1. The highest BCUT2D eigenvalue weighted by Crippen LogP contribution is 2.22. The number of aromatic nitrogens is 5. The van der Waals surface area contributed by atoms with Crippen LogP contribution in [0.25, 0.3) is 17.2 Å². The Morgan fingerprint density at radius 1 is 1.17 bits per heavy atom. The van der Waals surface area contributed by atoms with Crippen LogP contribution in [0.15, 0.2) is 49.3 Å². The third-order valence-electron chi connectivity index (χ3n) is 2.73. The molecule has 0 bridgehead atoms. The molecule has 5 nitrogen and oxygen atoms in total. The molecule has 0 aliphatic carbocycles. The van der Waals surface area contributed by atoms with E-state index in [0.29, 0.717) is 12.2 Å². The van der Waals surface area contributed by atoms with Crippen LogP contribution in [0.2, 0.25) is 0 Å². The van der Waals surface area contributed by atoms with Gasteiger partial charge in [0.25, 0.3) is 0 Å². The zero-order valence-electron chi connectivity index (χ0n) is 9.69. The van der Waals surface area contributed by atoms with Crippen LogP contribution < -0.4 is 0 Å². The van der Waals surface area contributed by atoms with E-state index in [-0.39, 0.29) is 0 Å². The predicted molar refractivity (Wildman–Crippen MR) is 67.5 cm³/mol. The average Bonchev–Trinajstić information content (AvgIpc) is 2.89. The van der Waals surface area contributed by atoms with Crippen molar-refractivity contribution in [2.45, 2.75) is 6.42 Å². The Bertz CT molecular complexity index is 644. The molecule has 3 rings (SSSR count). The predicted octanol–water partition coefficient (Wildman–Crippen LogP) is 1.89. The Balaban J connectivity index is 2.25. The summed E-state index contributed by atoms with van der Waals surface area (Å²) in [6.45, 7) is 3.78. The summed E-state index contributed by atoms with van der Waals surface area (Å²) in [4.78, 5) is 4.25. The van der Waals surface area contributed by atoms with Crippen molar-refractivity contribution in [3.05, 3.63) is 55.0 Å². The van der Waals surface area contributed by atoms with Crippen LogP contribution in [0, 0.1) is 0 Å². The van der Waals surface area contributed by atoms with E-state index in [1.54, 1.807) is 6.33 Å². The Morgan fingerprint density at radius 3 is 2.78 bits per heavy atom. The Labute approximate surface area is 104 Å². The van der Waals surface area contributed by atoms with E-state index in [2.05, 4.69) is 27.0 Å². The molecule has 1 aromatic carbocycles. The van der Waals surface area contributed by atoms with E-state index in [0.717, 1.165) is 17.1 Å². The molecule has 5 heteroatoms. The van der Waals surface area contributed by atoms with Crippen molar-refractivity contribution >= 4 is 0 Å². The molecule has 0 atom stereocenters. The first-order valence-electron chi connectivity index (χ1n) is 5.62. The molecule has 0 aromatic heterocycles. The van der Waals surface area contributed by atoms with Gasteiger partial charge in [0.1, 0.15) is 6.33 Å². The molecule has 0 saturated carbocycles. The van der Waals surface area contributed by atoms with Crippen LogP contribution in [0.3, 0.4) is 0 Å². The number of rotatable bonds is 3. The molecule has 0 unspecified atom stereocenters. The van der Waals surface area contributed by atoms with Crippen molar-refractivity contribution in [3.8, 4) is 17.2 Å². The first-order valence-corrected chi connectivity index (χ1v) is 5.62. The van der Waals surface area contributed by atoms with Gasteiger partial charge in [0, 0.05) is 12.1 Å². The van der Waals surface area contributed by atoms with E-state index in [1.165, 1.54) is 0 Å². The SMILES string of the molecule is C=CCc1c2nnnc-2ncn1-c1ccccc1. The van der Waals surface area contributed by atoms with E-state index in [9.17, 15) is 0 Å². The molecule has 1 aromatic rings. The second kappa shape index (κ2) is 4.37. The molecule has 0 radical (unpaired) electrons. The van der Waals surface area contributed by atoms with Gasteiger partial charge in [-0.1, -0.05) is 24.3 Å². The van der Waals surface area contributed by atoms with Crippen molar-refractivity contribution in [2.24, 2.45) is 0 Å². The van der Waals surface area contributed by atoms with Gasteiger partial charge in [-0.05, 0) is 17.3 Å². The fourth-order valence-electron chi connectivity index (χ4n) is 1.91. The lowest BCUT2D eigenvalue weighted by Gasteiger charge is -2.13. The highest BCUT2D eigenvalue weighted by Gasteiger charge is 2.17. The van der Waals surface area contributed by atoms with Crippen LogP contribution in [0.5, 0.6) is 0 Å². The normalized spacial score (nSPS) is 10.7. The quantitative estimate of drug-likeness (QED) is 0.653. The van der Waals surface area contributed by atoms with E-state index < -0.39 is 0 Å². The standard InChI is InChI=1S/C13H11N5/c1-2-6-11-12-13(16-17-15-12)14-9-18(11)10-7-4-3-5-8-10/h2-5,7-9H,1,6H2. The van der Waals surface area contributed by atoms with Crippen LogP contribution in [-0.4, -0.2) is 25.0 Å². The molecule has 0 N–H and O–H groups in total. The molecule has 0 amide bonds. The lowest BCUT2D eigenvalue weighted by molar-refractivity contribution is 0.891. The summed E-state index contributed by atoms with van der Waals surface area (Å²) in [6.07, 6.45) is 4.27. The Hall–Kier alpha value is -2.56. The summed E-state index contributed by atoms with van der Waals surface area (Å²) >= 11 is 0. The maximum absolute atomic E-state index is 4.25. The van der Waals surface area contributed by atoms with Crippen LogP contribution in [0.4, 0.5) is 0 Å². The van der Waals surface area contributed by atoms with Crippen molar-refractivity contribution in [1.82, 2.24) is 25.0 Å². The van der Waals surface area contributed by atoms with Crippen LogP contribution >= 0.6 is 0 Å². The van der Waals surface area contributed by atoms with Gasteiger partial charge in [-0.2, -0.15) is 0 Å². The van der Waals surface area contributed by atoms with Gasteiger partial charge in [0.15, 0.2) is 5.69 Å². The maximum Gasteiger partial charge on any atom is 0.207 e. The first kappa shape index (κ1) is 10.6. The van der Waals surface area contributed by atoms with Gasteiger partial charge < -0.3 is 4.57 Å². The van der Waals surface area contributed by atoms with E-state index in [4.69, 9.17) is 0 Å². The zero-order chi connectivity index (χ0) is 12.4. The summed E-state index contributed by atoms with van der Waals surface area (Å²) in [6, 6.07) is 9.99. The molecule has 0 fully saturated rings. The van der Waals surface area contributed by atoms with Gasteiger partial charge >= 0.3 is 0 Å². The smallest absolute Gasteiger partial charge is 0.207 e. The number of hydrogen-bond acceptors (Lipinski definition) is 4. The number of para-hydroxylation sites is 1. The number of fused-ring (bicyclic) bond motifs is 1. The summed E-state index contributed by atoms with van der Waals surface area (Å²) < 4.78 is 1.99. The van der Waals surface area contributed by atoms with Gasteiger partial charge in [-0.15, -0.1) is 16.8 Å². The van der Waals surface area contributed by atoms with Crippen molar-refractivity contribution in [1.29, 1.82) is 0 Å². The second-order valence-corrected chi connectivity index (χ2v) is 3.85. The minimum Gasteiger partial charge on any atom is -0.302 e. The highest BCUT2D eigenvalue weighted by molar-refractivity contribution is 5.55. The molecule has 2 aliphatic heterocycles.